The van der Waals surface area contributed by atoms with E-state index >= 15 is 0 Å². The lowest BCUT2D eigenvalue weighted by atomic mass is 10.1. The molecule has 0 spiro atoms. The third-order valence-electron chi connectivity index (χ3n) is 5.61. The lowest BCUT2D eigenvalue weighted by molar-refractivity contribution is 0.104. The number of para-hydroxylation sites is 1. The van der Waals surface area contributed by atoms with Crippen LogP contribution in [0.3, 0.4) is 0 Å². The van der Waals surface area contributed by atoms with E-state index in [9.17, 15) is 4.79 Å². The average Bonchev–Trinajstić information content (AvgIpc) is 2.95. The molecule has 200 valence electrons. The molecule has 1 N–H and O–H groups in total. The Morgan fingerprint density at radius 3 is 1.89 bits per heavy atom. The molecule has 0 bridgehead atoms. The van der Waals surface area contributed by atoms with Gasteiger partial charge in [0.2, 0.25) is 11.5 Å². The largest absolute Gasteiger partial charge is 0.493 e. The summed E-state index contributed by atoms with van der Waals surface area (Å²) in [7, 11) is 9.22. The average molecular weight is 584 g/mol. The number of hydrogen-bond donors (Lipinski definition) is 1. The Balaban J connectivity index is 1.84. The molecule has 3 aromatic carbocycles. The molecule has 0 aliphatic carbocycles. The van der Waals surface area contributed by atoms with Crippen molar-refractivity contribution in [2.75, 3.05) is 48.0 Å². The Kier molecular flexibility index (Phi) is 10.1. The number of allylic oxidation sites excluding steroid dienone is 1. The normalized spacial score (nSPS) is 10.9. The number of carbonyl (C=O) groups is 1. The first kappa shape index (κ1) is 28.5. The van der Waals surface area contributed by atoms with Gasteiger partial charge in [0, 0.05) is 23.5 Å². The molecular formula is C29H30BrNO7. The SMILES string of the molecule is COc1cc(C=Cc2ccccc2NC=CC(=O)c2cc(OC)c(OC)c(OC)c2Br)cc(OC)c1OC. The van der Waals surface area contributed by atoms with E-state index in [-0.39, 0.29) is 5.78 Å². The van der Waals surface area contributed by atoms with Crippen LogP contribution in [-0.4, -0.2) is 48.4 Å². The first-order chi connectivity index (χ1) is 18.4. The van der Waals surface area contributed by atoms with E-state index in [1.54, 1.807) is 33.6 Å². The second-order valence-electron chi connectivity index (χ2n) is 7.73. The van der Waals surface area contributed by atoms with E-state index in [0.29, 0.717) is 44.5 Å². The molecule has 0 unspecified atom stereocenters. The Hall–Kier alpha value is -4.11. The van der Waals surface area contributed by atoms with E-state index in [2.05, 4.69) is 21.2 Å². The molecule has 0 aliphatic heterocycles. The van der Waals surface area contributed by atoms with Crippen LogP contribution in [0.15, 0.2) is 59.2 Å². The highest BCUT2D eigenvalue weighted by atomic mass is 79.9. The number of rotatable bonds is 12. The fraction of sp³-hybridized carbons (Fsp3) is 0.207. The minimum atomic E-state index is -0.255. The summed E-state index contributed by atoms with van der Waals surface area (Å²) in [4.78, 5) is 13.0. The highest BCUT2D eigenvalue weighted by Gasteiger charge is 2.21. The first-order valence-corrected chi connectivity index (χ1v) is 12.2. The van der Waals surface area contributed by atoms with Crippen molar-refractivity contribution in [2.24, 2.45) is 0 Å². The van der Waals surface area contributed by atoms with Crippen molar-refractivity contribution in [3.8, 4) is 34.5 Å². The van der Waals surface area contributed by atoms with Crippen molar-refractivity contribution in [2.45, 2.75) is 0 Å². The molecule has 0 radical (unpaired) electrons. The van der Waals surface area contributed by atoms with Crippen molar-refractivity contribution >= 4 is 39.6 Å². The van der Waals surface area contributed by atoms with Gasteiger partial charge in [-0.05, 0) is 51.3 Å². The molecule has 3 aromatic rings. The van der Waals surface area contributed by atoms with Crippen LogP contribution in [0.4, 0.5) is 5.69 Å². The quantitative estimate of drug-likeness (QED) is 0.147. The van der Waals surface area contributed by atoms with Gasteiger partial charge in [-0.2, -0.15) is 0 Å². The number of methoxy groups -OCH3 is 6. The number of ether oxygens (including phenoxy) is 6. The van der Waals surface area contributed by atoms with E-state index in [0.717, 1.165) is 16.8 Å². The van der Waals surface area contributed by atoms with Gasteiger partial charge in [-0.15, -0.1) is 0 Å². The molecule has 38 heavy (non-hydrogen) atoms. The van der Waals surface area contributed by atoms with Crippen LogP contribution >= 0.6 is 15.9 Å². The number of nitrogens with one attached hydrogen (secondary N) is 1. The van der Waals surface area contributed by atoms with Gasteiger partial charge < -0.3 is 33.7 Å². The molecule has 9 heteroatoms. The predicted molar refractivity (Wildman–Crippen MR) is 152 cm³/mol. The molecule has 0 saturated carbocycles. The number of halogens is 1. The monoisotopic (exact) mass is 583 g/mol. The van der Waals surface area contributed by atoms with Gasteiger partial charge in [-0.1, -0.05) is 30.4 Å². The van der Waals surface area contributed by atoms with Crippen molar-refractivity contribution in [3.63, 3.8) is 0 Å². The van der Waals surface area contributed by atoms with E-state index in [1.165, 1.54) is 27.4 Å². The molecule has 3 rings (SSSR count). The van der Waals surface area contributed by atoms with Crippen LogP contribution in [0.2, 0.25) is 0 Å². The second kappa shape index (κ2) is 13.4. The van der Waals surface area contributed by atoms with Gasteiger partial charge in [-0.3, -0.25) is 4.79 Å². The van der Waals surface area contributed by atoms with Crippen LogP contribution in [-0.2, 0) is 0 Å². The number of carbonyl (C=O) groups excluding carboxylic acids is 1. The molecule has 0 amide bonds. The highest BCUT2D eigenvalue weighted by Crippen LogP contribution is 2.45. The number of anilines is 1. The first-order valence-electron chi connectivity index (χ1n) is 11.4. The van der Waals surface area contributed by atoms with Crippen LogP contribution in [0, 0.1) is 0 Å². The van der Waals surface area contributed by atoms with Gasteiger partial charge in [0.1, 0.15) is 0 Å². The van der Waals surface area contributed by atoms with Gasteiger partial charge in [0.25, 0.3) is 0 Å². The lowest BCUT2D eigenvalue weighted by Gasteiger charge is -2.15. The zero-order valence-corrected chi connectivity index (χ0v) is 23.7. The van der Waals surface area contributed by atoms with Crippen molar-refractivity contribution in [1.29, 1.82) is 0 Å². The molecule has 0 heterocycles. The van der Waals surface area contributed by atoms with E-state index in [4.69, 9.17) is 28.4 Å². The van der Waals surface area contributed by atoms with Crippen LogP contribution in [0.25, 0.3) is 12.2 Å². The predicted octanol–water partition coefficient (Wildman–Crippen LogP) is 6.48. The summed E-state index contributed by atoms with van der Waals surface area (Å²) in [5, 5.41) is 3.19. The summed E-state index contributed by atoms with van der Waals surface area (Å²) in [5.41, 5.74) is 2.96. The zero-order chi connectivity index (χ0) is 27.7. The molecule has 8 nitrogen and oxygen atoms in total. The Labute approximate surface area is 230 Å². The minimum Gasteiger partial charge on any atom is -0.493 e. The molecule has 0 atom stereocenters. The van der Waals surface area contributed by atoms with Crippen molar-refractivity contribution < 1.29 is 33.2 Å². The summed E-state index contributed by atoms with van der Waals surface area (Å²) < 4.78 is 32.9. The van der Waals surface area contributed by atoms with Crippen LogP contribution in [0.5, 0.6) is 34.5 Å². The Bertz CT molecular complexity index is 1330. The number of hydrogen-bond acceptors (Lipinski definition) is 8. The number of ketones is 1. The smallest absolute Gasteiger partial charge is 0.204 e. The fourth-order valence-electron chi connectivity index (χ4n) is 3.75. The molecular weight excluding hydrogens is 554 g/mol. The summed E-state index contributed by atoms with van der Waals surface area (Å²) in [6.45, 7) is 0. The maximum Gasteiger partial charge on any atom is 0.204 e. The fourth-order valence-corrected chi connectivity index (χ4v) is 4.41. The molecule has 0 saturated heterocycles. The van der Waals surface area contributed by atoms with Crippen LogP contribution < -0.4 is 33.7 Å². The summed E-state index contributed by atoms with van der Waals surface area (Å²) in [6, 6.07) is 13.0. The zero-order valence-electron chi connectivity index (χ0n) is 22.1. The second-order valence-corrected chi connectivity index (χ2v) is 8.52. The summed E-state index contributed by atoms with van der Waals surface area (Å²) in [5.74, 6) is 2.57. The van der Waals surface area contributed by atoms with E-state index < -0.39 is 0 Å². The van der Waals surface area contributed by atoms with Crippen molar-refractivity contribution in [1.82, 2.24) is 0 Å². The highest BCUT2D eigenvalue weighted by molar-refractivity contribution is 9.10. The Morgan fingerprint density at radius 1 is 0.737 bits per heavy atom. The lowest BCUT2D eigenvalue weighted by Crippen LogP contribution is -2.03. The molecule has 0 aromatic heterocycles. The minimum absolute atomic E-state index is 0.255. The third kappa shape index (κ3) is 6.23. The maximum atomic E-state index is 13.0. The van der Waals surface area contributed by atoms with Gasteiger partial charge in [0.15, 0.2) is 28.8 Å². The number of benzene rings is 3. The van der Waals surface area contributed by atoms with E-state index in [1.807, 2.05) is 48.6 Å². The van der Waals surface area contributed by atoms with Crippen molar-refractivity contribution in [3.05, 3.63) is 75.9 Å². The maximum absolute atomic E-state index is 13.0. The van der Waals surface area contributed by atoms with Gasteiger partial charge in [0.05, 0.1) is 47.1 Å². The van der Waals surface area contributed by atoms with Gasteiger partial charge >= 0.3 is 0 Å². The summed E-state index contributed by atoms with van der Waals surface area (Å²) >= 11 is 3.45. The topological polar surface area (TPSA) is 84.5 Å². The molecule has 0 aliphatic rings. The molecule has 0 fully saturated rings. The summed E-state index contributed by atoms with van der Waals surface area (Å²) in [6.07, 6.45) is 6.91. The Morgan fingerprint density at radius 2 is 1.32 bits per heavy atom. The standard InChI is InChI=1S/C29H30BrNO7/c1-33-23-15-18(16-24(34-2)27(23)36-4)11-12-19-9-7-8-10-21(19)31-14-13-22(32)20-17-25(35-3)28(37-5)29(38-6)26(20)30/h7-17,31H,1-6H3. The van der Waals surface area contributed by atoms with Crippen LogP contribution in [0.1, 0.15) is 21.5 Å². The third-order valence-corrected chi connectivity index (χ3v) is 6.40. The van der Waals surface area contributed by atoms with Gasteiger partial charge in [-0.25, -0.2) is 0 Å².